The molecule has 2 aromatic carbocycles. The number of rotatable bonds is 8. The molecule has 0 spiro atoms. The van der Waals surface area contributed by atoms with Crippen molar-refractivity contribution in [3.63, 3.8) is 0 Å². The Kier molecular flexibility index (Phi) is 6.44. The number of ketones is 1. The molecule has 0 heterocycles. The molecule has 0 aliphatic heterocycles. The van der Waals surface area contributed by atoms with Crippen LogP contribution in [0.2, 0.25) is 0 Å². The predicted octanol–water partition coefficient (Wildman–Crippen LogP) is 4.22. The van der Waals surface area contributed by atoms with Crippen molar-refractivity contribution in [3.8, 4) is 11.5 Å². The fraction of sp³-hybridized carbons (Fsp3) is 0.300. The molecule has 0 fully saturated rings. The third-order valence-electron chi connectivity index (χ3n) is 3.79. The van der Waals surface area contributed by atoms with Crippen molar-refractivity contribution >= 4 is 12.0 Å². The number of phenolic OH excluding ortho intramolecular Hbond substituents is 2. The SMILES string of the molecule is CC(F)(F)c1cc(O)ccc1C=NCCCC(=O)Cc1cccc(O)c1. The summed E-state index contributed by atoms with van der Waals surface area (Å²) in [5.41, 5.74) is 0.694. The number of aromatic hydroxyl groups is 2. The molecular weight excluding hydrogens is 340 g/mol. The monoisotopic (exact) mass is 361 g/mol. The highest BCUT2D eigenvalue weighted by molar-refractivity contribution is 5.83. The number of hydrogen-bond donors (Lipinski definition) is 2. The van der Waals surface area contributed by atoms with Gasteiger partial charge in [0.2, 0.25) is 0 Å². The summed E-state index contributed by atoms with van der Waals surface area (Å²) in [5.74, 6) is -3.16. The Bertz CT molecular complexity index is 798. The molecule has 2 rings (SSSR count). The van der Waals surface area contributed by atoms with Gasteiger partial charge in [-0.1, -0.05) is 12.1 Å². The maximum absolute atomic E-state index is 13.6. The van der Waals surface area contributed by atoms with Gasteiger partial charge in [-0.15, -0.1) is 0 Å². The summed E-state index contributed by atoms with van der Waals surface area (Å²) in [4.78, 5) is 16.0. The van der Waals surface area contributed by atoms with Gasteiger partial charge in [-0.05, 0) is 42.3 Å². The van der Waals surface area contributed by atoms with Crippen LogP contribution in [0.5, 0.6) is 11.5 Å². The van der Waals surface area contributed by atoms with E-state index in [1.165, 1.54) is 18.3 Å². The lowest BCUT2D eigenvalue weighted by Crippen LogP contribution is -2.10. The number of carbonyl (C=O) groups is 1. The van der Waals surface area contributed by atoms with E-state index in [1.54, 1.807) is 24.3 Å². The molecule has 138 valence electrons. The van der Waals surface area contributed by atoms with E-state index in [1.807, 2.05) is 0 Å². The van der Waals surface area contributed by atoms with E-state index in [4.69, 9.17) is 0 Å². The lowest BCUT2D eigenvalue weighted by molar-refractivity contribution is -0.118. The number of benzene rings is 2. The first-order valence-electron chi connectivity index (χ1n) is 8.26. The van der Waals surface area contributed by atoms with Crippen LogP contribution in [0.4, 0.5) is 8.78 Å². The second kappa shape index (κ2) is 8.56. The fourth-order valence-corrected chi connectivity index (χ4v) is 2.55. The van der Waals surface area contributed by atoms with Crippen LogP contribution < -0.4 is 0 Å². The normalized spacial score (nSPS) is 11.8. The quantitative estimate of drug-likeness (QED) is 0.546. The van der Waals surface area contributed by atoms with Crippen LogP contribution in [-0.4, -0.2) is 28.8 Å². The van der Waals surface area contributed by atoms with Gasteiger partial charge in [0.05, 0.1) is 0 Å². The lowest BCUT2D eigenvalue weighted by atomic mass is 10.0. The van der Waals surface area contributed by atoms with Crippen molar-refractivity contribution in [2.75, 3.05) is 6.54 Å². The van der Waals surface area contributed by atoms with Crippen LogP contribution in [0.25, 0.3) is 0 Å². The van der Waals surface area contributed by atoms with Gasteiger partial charge < -0.3 is 10.2 Å². The minimum Gasteiger partial charge on any atom is -0.508 e. The molecule has 0 bridgehead atoms. The van der Waals surface area contributed by atoms with E-state index >= 15 is 0 Å². The Hall–Kier alpha value is -2.76. The van der Waals surface area contributed by atoms with Crippen LogP contribution in [0.15, 0.2) is 47.5 Å². The van der Waals surface area contributed by atoms with Crippen molar-refractivity contribution in [2.45, 2.75) is 32.1 Å². The topological polar surface area (TPSA) is 69.9 Å². The second-order valence-corrected chi connectivity index (χ2v) is 6.18. The number of aliphatic imine (C=N–C) groups is 1. The van der Waals surface area contributed by atoms with Gasteiger partial charge in [-0.3, -0.25) is 9.79 Å². The molecule has 0 amide bonds. The van der Waals surface area contributed by atoms with Crippen molar-refractivity contribution < 1.29 is 23.8 Å². The van der Waals surface area contributed by atoms with Crippen LogP contribution in [0.3, 0.4) is 0 Å². The van der Waals surface area contributed by atoms with Crippen molar-refractivity contribution in [3.05, 3.63) is 59.2 Å². The van der Waals surface area contributed by atoms with Gasteiger partial charge in [0.25, 0.3) is 5.92 Å². The average molecular weight is 361 g/mol. The Labute approximate surface area is 150 Å². The molecule has 26 heavy (non-hydrogen) atoms. The maximum Gasteiger partial charge on any atom is 0.271 e. The molecule has 0 unspecified atom stereocenters. The van der Waals surface area contributed by atoms with Crippen molar-refractivity contribution in [1.29, 1.82) is 0 Å². The summed E-state index contributed by atoms with van der Waals surface area (Å²) in [6.45, 7) is 1.10. The molecule has 0 aliphatic carbocycles. The number of alkyl halides is 2. The Morgan fingerprint density at radius 3 is 2.58 bits per heavy atom. The van der Waals surface area contributed by atoms with Crippen LogP contribution in [-0.2, 0) is 17.1 Å². The molecule has 0 aromatic heterocycles. The van der Waals surface area contributed by atoms with E-state index in [2.05, 4.69) is 4.99 Å². The van der Waals surface area contributed by atoms with Crippen LogP contribution >= 0.6 is 0 Å². The predicted molar refractivity (Wildman–Crippen MR) is 96.2 cm³/mol. The molecule has 2 N–H and O–H groups in total. The number of halogens is 2. The van der Waals surface area contributed by atoms with Crippen molar-refractivity contribution in [1.82, 2.24) is 0 Å². The molecule has 6 heteroatoms. The third kappa shape index (κ3) is 5.95. The first kappa shape index (κ1) is 19.6. The highest BCUT2D eigenvalue weighted by atomic mass is 19.3. The summed E-state index contributed by atoms with van der Waals surface area (Å²) in [6.07, 6.45) is 2.40. The zero-order valence-corrected chi connectivity index (χ0v) is 14.5. The van der Waals surface area contributed by atoms with Gasteiger partial charge in [-0.25, -0.2) is 8.78 Å². The molecule has 4 nitrogen and oxygen atoms in total. The van der Waals surface area contributed by atoms with E-state index in [0.717, 1.165) is 18.6 Å². The van der Waals surface area contributed by atoms with Gasteiger partial charge in [-0.2, -0.15) is 0 Å². The molecule has 0 saturated carbocycles. The van der Waals surface area contributed by atoms with Gasteiger partial charge >= 0.3 is 0 Å². The highest BCUT2D eigenvalue weighted by Crippen LogP contribution is 2.31. The molecule has 0 radical (unpaired) electrons. The molecule has 2 aromatic rings. The fourth-order valence-electron chi connectivity index (χ4n) is 2.55. The number of carbonyl (C=O) groups excluding carboxylic acids is 1. The summed E-state index contributed by atoms with van der Waals surface area (Å²) < 4.78 is 27.2. The Morgan fingerprint density at radius 2 is 1.88 bits per heavy atom. The third-order valence-corrected chi connectivity index (χ3v) is 3.79. The van der Waals surface area contributed by atoms with E-state index in [-0.39, 0.29) is 34.8 Å². The average Bonchev–Trinajstić information content (AvgIpc) is 2.55. The van der Waals surface area contributed by atoms with Gasteiger partial charge in [0, 0.05) is 43.7 Å². The van der Waals surface area contributed by atoms with Crippen LogP contribution in [0, 0.1) is 0 Å². The molecule has 0 aliphatic rings. The smallest absolute Gasteiger partial charge is 0.271 e. The number of hydrogen-bond acceptors (Lipinski definition) is 4. The van der Waals surface area contributed by atoms with E-state index in [0.29, 0.717) is 19.4 Å². The molecular formula is C20H21F2NO3. The summed E-state index contributed by atoms with van der Waals surface area (Å²) in [5, 5.41) is 18.8. The first-order chi connectivity index (χ1) is 12.3. The maximum atomic E-state index is 13.6. The zero-order valence-electron chi connectivity index (χ0n) is 14.5. The number of nitrogens with zero attached hydrogens (tertiary/aromatic N) is 1. The number of phenols is 2. The zero-order chi connectivity index (χ0) is 19.2. The number of Topliss-reactive ketones (excluding diaryl/α,β-unsaturated/α-hetero) is 1. The molecule has 0 saturated heterocycles. The van der Waals surface area contributed by atoms with Gasteiger partial charge in [0.15, 0.2) is 0 Å². The molecule has 0 atom stereocenters. The summed E-state index contributed by atoms with van der Waals surface area (Å²) in [7, 11) is 0. The van der Waals surface area contributed by atoms with Crippen molar-refractivity contribution in [2.24, 2.45) is 4.99 Å². The lowest BCUT2D eigenvalue weighted by Gasteiger charge is -2.13. The Morgan fingerprint density at radius 1 is 1.15 bits per heavy atom. The van der Waals surface area contributed by atoms with Gasteiger partial charge in [0.1, 0.15) is 17.3 Å². The summed E-state index contributed by atoms with van der Waals surface area (Å²) >= 11 is 0. The van der Waals surface area contributed by atoms with Crippen LogP contribution in [0.1, 0.15) is 36.5 Å². The van der Waals surface area contributed by atoms with E-state index < -0.39 is 5.92 Å². The largest absolute Gasteiger partial charge is 0.508 e. The second-order valence-electron chi connectivity index (χ2n) is 6.18. The first-order valence-corrected chi connectivity index (χ1v) is 8.26. The minimum atomic E-state index is -3.09. The summed E-state index contributed by atoms with van der Waals surface area (Å²) in [6, 6.07) is 10.3. The standard InChI is InChI=1S/C20H21F2NO3/c1-20(21,22)19-12-18(26)8-7-15(19)13-23-9-3-6-17(25)11-14-4-2-5-16(24)10-14/h2,4-5,7-8,10,12-13,24,26H,3,6,9,11H2,1H3. The van der Waals surface area contributed by atoms with E-state index in [9.17, 15) is 23.8 Å². The highest BCUT2D eigenvalue weighted by Gasteiger charge is 2.27. The minimum absolute atomic E-state index is 0.0243. The Balaban J connectivity index is 1.85.